The van der Waals surface area contributed by atoms with Crippen molar-refractivity contribution in [2.75, 3.05) is 39.9 Å². The second kappa shape index (κ2) is 6.17. The predicted octanol–water partition coefficient (Wildman–Crippen LogP) is 1.86. The lowest BCUT2D eigenvalue weighted by Crippen LogP contribution is -2.43. The molecule has 1 saturated carbocycles. The van der Waals surface area contributed by atoms with E-state index in [0.717, 1.165) is 19.1 Å². The van der Waals surface area contributed by atoms with Crippen LogP contribution in [-0.4, -0.2) is 44.8 Å². The molecule has 17 heavy (non-hydrogen) atoms. The minimum Gasteiger partial charge on any atom is -0.384 e. The second-order valence-electron chi connectivity index (χ2n) is 6.07. The molecule has 1 saturated heterocycles. The van der Waals surface area contributed by atoms with Gasteiger partial charge in [0.1, 0.15) is 0 Å². The maximum Gasteiger partial charge on any atom is 0.0502 e. The number of likely N-dealkylation sites (tertiary alicyclic amines) is 1. The zero-order chi connectivity index (χ0) is 12.1. The Morgan fingerprint density at radius 2 is 2.18 bits per heavy atom. The Labute approximate surface area is 106 Å². The summed E-state index contributed by atoms with van der Waals surface area (Å²) < 4.78 is 5.28. The van der Waals surface area contributed by atoms with E-state index < -0.39 is 0 Å². The van der Waals surface area contributed by atoms with E-state index in [0.29, 0.717) is 5.41 Å². The summed E-state index contributed by atoms with van der Waals surface area (Å²) in [5.41, 5.74) is 6.43. The molecule has 0 bridgehead atoms. The Balaban J connectivity index is 1.71. The first-order chi connectivity index (χ1) is 8.28. The van der Waals surface area contributed by atoms with E-state index in [1.807, 2.05) is 7.11 Å². The molecule has 3 heteroatoms. The average molecular weight is 240 g/mol. The Hall–Kier alpha value is -0.120. The summed E-state index contributed by atoms with van der Waals surface area (Å²) in [6, 6.07) is 0. The number of nitrogens with two attached hydrogens (primary N) is 1. The van der Waals surface area contributed by atoms with E-state index in [4.69, 9.17) is 10.5 Å². The zero-order valence-electron chi connectivity index (χ0n) is 11.3. The molecule has 1 aliphatic carbocycles. The minimum absolute atomic E-state index is 0.508. The summed E-state index contributed by atoms with van der Waals surface area (Å²) in [6.07, 6.45) is 8.10. The predicted molar refractivity (Wildman–Crippen MR) is 71.0 cm³/mol. The van der Waals surface area contributed by atoms with Crippen molar-refractivity contribution in [2.24, 2.45) is 17.1 Å². The van der Waals surface area contributed by atoms with E-state index in [1.54, 1.807) is 0 Å². The number of hydrogen-bond donors (Lipinski definition) is 1. The number of piperidine rings is 1. The van der Waals surface area contributed by atoms with Crippen molar-refractivity contribution in [3.8, 4) is 0 Å². The number of rotatable bonds is 6. The van der Waals surface area contributed by atoms with Gasteiger partial charge in [-0.15, -0.1) is 0 Å². The Kier molecular flexibility index (Phi) is 4.83. The van der Waals surface area contributed by atoms with Gasteiger partial charge in [0.05, 0.1) is 6.61 Å². The number of hydrogen-bond acceptors (Lipinski definition) is 3. The molecule has 1 atom stereocenters. The molecule has 0 amide bonds. The highest BCUT2D eigenvalue weighted by Crippen LogP contribution is 2.43. The monoisotopic (exact) mass is 240 g/mol. The van der Waals surface area contributed by atoms with Gasteiger partial charge in [0, 0.05) is 13.7 Å². The fourth-order valence-electron chi connectivity index (χ4n) is 3.35. The van der Waals surface area contributed by atoms with Gasteiger partial charge in [-0.2, -0.15) is 0 Å². The number of ether oxygens (including phenoxy) is 1. The maximum absolute atomic E-state index is 5.92. The third-order valence-corrected chi connectivity index (χ3v) is 4.81. The quantitative estimate of drug-likeness (QED) is 0.770. The van der Waals surface area contributed by atoms with Crippen LogP contribution in [0.5, 0.6) is 0 Å². The number of nitrogens with zero attached hydrogens (tertiary/aromatic N) is 1. The van der Waals surface area contributed by atoms with Crippen LogP contribution in [0.3, 0.4) is 0 Å². The molecule has 1 unspecified atom stereocenters. The molecule has 1 heterocycles. The molecule has 2 N–H and O–H groups in total. The van der Waals surface area contributed by atoms with Gasteiger partial charge in [0.25, 0.3) is 0 Å². The molecule has 0 radical (unpaired) electrons. The second-order valence-corrected chi connectivity index (χ2v) is 6.07. The van der Waals surface area contributed by atoms with Crippen molar-refractivity contribution in [3.05, 3.63) is 0 Å². The molecule has 1 aliphatic heterocycles. The van der Waals surface area contributed by atoms with Crippen LogP contribution in [0.4, 0.5) is 0 Å². The topological polar surface area (TPSA) is 38.5 Å². The third-order valence-electron chi connectivity index (χ3n) is 4.81. The van der Waals surface area contributed by atoms with E-state index in [-0.39, 0.29) is 0 Å². The molecule has 0 aromatic rings. The molecule has 2 rings (SSSR count). The summed E-state index contributed by atoms with van der Waals surface area (Å²) in [4.78, 5) is 2.63. The molecule has 0 aromatic heterocycles. The van der Waals surface area contributed by atoms with E-state index in [2.05, 4.69) is 4.90 Å². The van der Waals surface area contributed by atoms with Crippen LogP contribution in [0.25, 0.3) is 0 Å². The molecular formula is C14H28N2O. The largest absolute Gasteiger partial charge is 0.384 e. The first-order valence-electron chi connectivity index (χ1n) is 7.19. The maximum atomic E-state index is 5.92. The fourth-order valence-corrected chi connectivity index (χ4v) is 3.35. The average Bonchev–Trinajstić information content (AvgIpc) is 2.29. The summed E-state index contributed by atoms with van der Waals surface area (Å²) >= 11 is 0. The summed E-state index contributed by atoms with van der Waals surface area (Å²) in [7, 11) is 1.82. The van der Waals surface area contributed by atoms with E-state index in [1.165, 1.54) is 58.2 Å². The molecule has 0 aromatic carbocycles. The van der Waals surface area contributed by atoms with Gasteiger partial charge in [-0.3, -0.25) is 0 Å². The van der Waals surface area contributed by atoms with Gasteiger partial charge >= 0.3 is 0 Å². The lowest BCUT2D eigenvalue weighted by Gasteiger charge is -2.43. The Bertz CT molecular complexity index is 221. The van der Waals surface area contributed by atoms with Gasteiger partial charge in [0.2, 0.25) is 0 Å². The molecule has 2 aliphatic rings. The molecular weight excluding hydrogens is 212 g/mol. The van der Waals surface area contributed by atoms with Crippen LogP contribution >= 0.6 is 0 Å². The van der Waals surface area contributed by atoms with Gasteiger partial charge in [-0.05, 0) is 63.1 Å². The third kappa shape index (κ3) is 3.43. The number of methoxy groups -OCH3 is 1. The van der Waals surface area contributed by atoms with Crippen molar-refractivity contribution < 1.29 is 4.74 Å². The first kappa shape index (κ1) is 13.3. The normalized spacial score (nSPS) is 28.9. The van der Waals surface area contributed by atoms with Crippen molar-refractivity contribution >= 4 is 0 Å². The van der Waals surface area contributed by atoms with Crippen molar-refractivity contribution in [3.63, 3.8) is 0 Å². The Morgan fingerprint density at radius 3 is 2.76 bits per heavy atom. The summed E-state index contributed by atoms with van der Waals surface area (Å²) in [5.74, 6) is 0.754. The molecule has 100 valence electrons. The van der Waals surface area contributed by atoms with Crippen LogP contribution in [0.15, 0.2) is 0 Å². The first-order valence-corrected chi connectivity index (χ1v) is 7.19. The van der Waals surface area contributed by atoms with Gasteiger partial charge in [-0.1, -0.05) is 6.42 Å². The van der Waals surface area contributed by atoms with Crippen molar-refractivity contribution in [2.45, 2.75) is 38.5 Å². The minimum atomic E-state index is 0.508. The molecule has 0 spiro atoms. The zero-order valence-corrected chi connectivity index (χ0v) is 11.3. The summed E-state index contributed by atoms with van der Waals surface area (Å²) in [5, 5.41) is 0. The van der Waals surface area contributed by atoms with Crippen LogP contribution in [-0.2, 0) is 4.74 Å². The van der Waals surface area contributed by atoms with Crippen molar-refractivity contribution in [1.82, 2.24) is 4.90 Å². The fraction of sp³-hybridized carbons (Fsp3) is 1.00. The van der Waals surface area contributed by atoms with E-state index in [9.17, 15) is 0 Å². The standard InChI is InChI=1S/C14H28N2O/c1-17-11-13-4-2-8-16(10-13)9-7-14(12-15)5-3-6-14/h13H,2-12,15H2,1H3. The molecule has 2 fully saturated rings. The van der Waals surface area contributed by atoms with Crippen molar-refractivity contribution in [1.29, 1.82) is 0 Å². The van der Waals surface area contributed by atoms with Crippen LogP contribution in [0, 0.1) is 11.3 Å². The summed E-state index contributed by atoms with van der Waals surface area (Å²) in [6.45, 7) is 5.58. The highest BCUT2D eigenvalue weighted by molar-refractivity contribution is 4.89. The highest BCUT2D eigenvalue weighted by atomic mass is 16.5. The van der Waals surface area contributed by atoms with Crippen LogP contribution in [0.2, 0.25) is 0 Å². The van der Waals surface area contributed by atoms with E-state index >= 15 is 0 Å². The van der Waals surface area contributed by atoms with Crippen LogP contribution in [0.1, 0.15) is 38.5 Å². The Morgan fingerprint density at radius 1 is 1.35 bits per heavy atom. The SMILES string of the molecule is COCC1CCCN(CCC2(CN)CCC2)C1. The smallest absolute Gasteiger partial charge is 0.0502 e. The molecule has 3 nitrogen and oxygen atoms in total. The van der Waals surface area contributed by atoms with Gasteiger partial charge < -0.3 is 15.4 Å². The lowest BCUT2D eigenvalue weighted by atomic mass is 9.66. The highest BCUT2D eigenvalue weighted by Gasteiger charge is 2.35. The van der Waals surface area contributed by atoms with Gasteiger partial charge in [-0.25, -0.2) is 0 Å². The lowest BCUT2D eigenvalue weighted by molar-refractivity contribution is 0.0651. The van der Waals surface area contributed by atoms with Crippen LogP contribution < -0.4 is 5.73 Å². The van der Waals surface area contributed by atoms with Gasteiger partial charge in [0.15, 0.2) is 0 Å².